The molecular formula is C13H22F2N2O. The quantitative estimate of drug-likeness (QED) is 0.828. The first kappa shape index (κ1) is 14.9. The number of aromatic nitrogens is 2. The lowest BCUT2D eigenvalue weighted by molar-refractivity contribution is -0.124. The highest BCUT2D eigenvalue weighted by atomic mass is 19.3. The van der Waals surface area contributed by atoms with Gasteiger partial charge in [-0.05, 0) is 20.8 Å². The van der Waals surface area contributed by atoms with Crippen LogP contribution in [0.4, 0.5) is 8.78 Å². The normalized spacial score (nSPS) is 13.8. The number of halogens is 2. The van der Waals surface area contributed by atoms with E-state index in [2.05, 4.69) is 5.10 Å². The molecule has 3 nitrogen and oxygen atoms in total. The maximum absolute atomic E-state index is 13.7. The molecule has 1 rings (SSSR count). The summed E-state index contributed by atoms with van der Waals surface area (Å²) in [6.45, 7) is 9.75. The Morgan fingerprint density at radius 1 is 1.17 bits per heavy atom. The second-order valence-electron chi connectivity index (χ2n) is 6.51. The highest BCUT2D eigenvalue weighted by Gasteiger charge is 2.44. The van der Waals surface area contributed by atoms with Crippen LogP contribution in [0.1, 0.15) is 41.5 Å². The number of nitrogens with zero attached hydrogens (tertiary/aromatic N) is 2. The minimum atomic E-state index is -2.89. The van der Waals surface area contributed by atoms with E-state index in [4.69, 9.17) is 4.74 Å². The lowest BCUT2D eigenvalue weighted by Crippen LogP contribution is -2.39. The van der Waals surface area contributed by atoms with Gasteiger partial charge in [-0.2, -0.15) is 0 Å². The molecule has 0 aromatic carbocycles. The van der Waals surface area contributed by atoms with Gasteiger partial charge in [0.25, 0.3) is 5.92 Å². The molecule has 0 bridgehead atoms. The third-order valence-corrected chi connectivity index (χ3v) is 2.75. The van der Waals surface area contributed by atoms with Gasteiger partial charge in [-0.15, -0.1) is 5.10 Å². The number of rotatable bonds is 3. The summed E-state index contributed by atoms with van der Waals surface area (Å²) in [6.07, 6.45) is 1.73. The average Bonchev–Trinajstić information content (AvgIpc) is 2.60. The fourth-order valence-electron chi connectivity index (χ4n) is 1.14. The fourth-order valence-corrected chi connectivity index (χ4v) is 1.14. The zero-order chi connectivity index (χ0) is 14.2. The molecule has 0 aliphatic rings. The topological polar surface area (TPSA) is 27.1 Å². The molecule has 0 saturated carbocycles. The molecule has 5 heteroatoms. The van der Waals surface area contributed by atoms with Gasteiger partial charge in [0.15, 0.2) is 6.61 Å². The molecule has 1 aromatic rings. The molecule has 104 valence electrons. The summed E-state index contributed by atoms with van der Waals surface area (Å²) < 4.78 is 34.2. The van der Waals surface area contributed by atoms with Gasteiger partial charge in [0.1, 0.15) is 0 Å². The van der Waals surface area contributed by atoms with Crippen molar-refractivity contribution in [1.29, 1.82) is 0 Å². The van der Waals surface area contributed by atoms with Gasteiger partial charge >= 0.3 is 0 Å². The van der Waals surface area contributed by atoms with Crippen molar-refractivity contribution in [3.63, 3.8) is 0 Å². The summed E-state index contributed by atoms with van der Waals surface area (Å²) in [5, 5.41) is 4.13. The highest BCUT2D eigenvalue weighted by molar-refractivity contribution is 5.07. The molecule has 0 atom stereocenters. The van der Waals surface area contributed by atoms with E-state index in [1.165, 1.54) is 20.8 Å². The maximum atomic E-state index is 13.7. The predicted octanol–water partition coefficient (Wildman–Crippen LogP) is 3.70. The molecule has 0 spiro atoms. The van der Waals surface area contributed by atoms with E-state index in [9.17, 15) is 8.78 Å². The van der Waals surface area contributed by atoms with Gasteiger partial charge in [-0.25, -0.2) is 8.78 Å². The number of hydrogen-bond donors (Lipinski definition) is 0. The Balaban J connectivity index is 2.68. The van der Waals surface area contributed by atoms with Crippen LogP contribution in [-0.4, -0.2) is 22.3 Å². The van der Waals surface area contributed by atoms with E-state index in [0.717, 1.165) is 0 Å². The molecule has 1 aromatic heterocycles. The second kappa shape index (κ2) is 4.52. The molecule has 1 heterocycles. The van der Waals surface area contributed by atoms with Gasteiger partial charge in [0.2, 0.25) is 5.88 Å². The zero-order valence-electron chi connectivity index (χ0n) is 11.9. The summed E-state index contributed by atoms with van der Waals surface area (Å²) in [5.41, 5.74) is -1.31. The Labute approximate surface area is 107 Å². The molecule has 0 amide bonds. The summed E-state index contributed by atoms with van der Waals surface area (Å²) in [7, 11) is 0. The smallest absolute Gasteiger partial charge is 0.286 e. The Bertz CT molecular complexity index is 400. The second-order valence-corrected chi connectivity index (χ2v) is 6.51. The average molecular weight is 260 g/mol. The van der Waals surface area contributed by atoms with Crippen molar-refractivity contribution in [3.05, 3.63) is 12.3 Å². The lowest BCUT2D eigenvalue weighted by atomic mass is 9.88. The van der Waals surface area contributed by atoms with Crippen LogP contribution in [0.15, 0.2) is 12.3 Å². The minimum absolute atomic E-state index is 0.186. The van der Waals surface area contributed by atoms with Crippen molar-refractivity contribution in [1.82, 2.24) is 9.78 Å². The fraction of sp³-hybridized carbons (Fsp3) is 0.769. The van der Waals surface area contributed by atoms with Crippen molar-refractivity contribution in [3.8, 4) is 5.88 Å². The van der Waals surface area contributed by atoms with Crippen LogP contribution in [0.3, 0.4) is 0 Å². The third-order valence-electron chi connectivity index (χ3n) is 2.75. The molecule has 0 fully saturated rings. The standard InChI is InChI=1S/C13H22F2N2O/c1-11(2,3)13(14,15)9-18-10-7-8-17(16-10)12(4,5)6/h7-8H,9H2,1-6H3. The van der Waals surface area contributed by atoms with E-state index in [1.54, 1.807) is 16.9 Å². The van der Waals surface area contributed by atoms with E-state index in [1.807, 2.05) is 20.8 Å². The van der Waals surface area contributed by atoms with Crippen LogP contribution in [-0.2, 0) is 5.54 Å². The van der Waals surface area contributed by atoms with Gasteiger partial charge in [0.05, 0.1) is 5.54 Å². The van der Waals surface area contributed by atoms with Crippen LogP contribution >= 0.6 is 0 Å². The van der Waals surface area contributed by atoms with E-state index < -0.39 is 17.9 Å². The monoisotopic (exact) mass is 260 g/mol. The SMILES string of the molecule is CC(C)(C)n1ccc(OCC(F)(F)C(C)(C)C)n1. The molecule has 0 N–H and O–H groups in total. The van der Waals surface area contributed by atoms with Crippen LogP contribution in [0.25, 0.3) is 0 Å². The van der Waals surface area contributed by atoms with Gasteiger partial charge < -0.3 is 4.74 Å². The predicted molar refractivity (Wildman–Crippen MR) is 67.1 cm³/mol. The van der Waals surface area contributed by atoms with E-state index in [0.29, 0.717) is 0 Å². The van der Waals surface area contributed by atoms with Crippen molar-refractivity contribution >= 4 is 0 Å². The number of ether oxygens (including phenoxy) is 1. The summed E-state index contributed by atoms with van der Waals surface area (Å²) in [5.74, 6) is -2.66. The Morgan fingerprint density at radius 2 is 1.72 bits per heavy atom. The van der Waals surface area contributed by atoms with Crippen LogP contribution in [0.5, 0.6) is 5.88 Å². The van der Waals surface area contributed by atoms with E-state index >= 15 is 0 Å². The first-order valence-corrected chi connectivity index (χ1v) is 6.00. The molecular weight excluding hydrogens is 238 g/mol. The Kier molecular flexibility index (Phi) is 3.75. The minimum Gasteiger partial charge on any atom is -0.470 e. The van der Waals surface area contributed by atoms with Crippen molar-refractivity contribution in [2.24, 2.45) is 5.41 Å². The molecule has 0 unspecified atom stereocenters. The lowest BCUT2D eigenvalue weighted by Gasteiger charge is -2.29. The highest BCUT2D eigenvalue weighted by Crippen LogP contribution is 2.35. The van der Waals surface area contributed by atoms with Gasteiger partial charge in [-0.1, -0.05) is 20.8 Å². The molecule has 0 radical (unpaired) electrons. The third kappa shape index (κ3) is 3.43. The van der Waals surface area contributed by atoms with Gasteiger partial charge in [0, 0.05) is 17.7 Å². The summed E-state index contributed by atoms with van der Waals surface area (Å²) >= 11 is 0. The number of hydrogen-bond acceptors (Lipinski definition) is 2. The summed E-state index contributed by atoms with van der Waals surface area (Å²) in [4.78, 5) is 0. The molecule has 0 aliphatic heterocycles. The first-order chi connectivity index (χ1) is 7.93. The molecule has 0 saturated heterocycles. The Hall–Kier alpha value is -1.13. The van der Waals surface area contributed by atoms with Gasteiger partial charge in [-0.3, -0.25) is 4.68 Å². The Morgan fingerprint density at radius 3 is 2.11 bits per heavy atom. The maximum Gasteiger partial charge on any atom is 0.286 e. The molecule has 18 heavy (non-hydrogen) atoms. The van der Waals surface area contributed by atoms with Crippen molar-refractivity contribution in [2.75, 3.05) is 6.61 Å². The first-order valence-electron chi connectivity index (χ1n) is 6.00. The van der Waals surface area contributed by atoms with Crippen molar-refractivity contribution in [2.45, 2.75) is 53.0 Å². The number of alkyl halides is 2. The van der Waals surface area contributed by atoms with E-state index in [-0.39, 0.29) is 11.4 Å². The van der Waals surface area contributed by atoms with Crippen molar-refractivity contribution < 1.29 is 13.5 Å². The zero-order valence-corrected chi connectivity index (χ0v) is 11.9. The molecule has 0 aliphatic carbocycles. The van der Waals surface area contributed by atoms with Crippen LogP contribution < -0.4 is 4.74 Å². The largest absolute Gasteiger partial charge is 0.470 e. The summed E-state index contributed by atoms with van der Waals surface area (Å²) in [6, 6.07) is 1.60. The van der Waals surface area contributed by atoms with Crippen LogP contribution in [0, 0.1) is 5.41 Å². The van der Waals surface area contributed by atoms with Crippen LogP contribution in [0.2, 0.25) is 0 Å².